The molecule has 9 heteroatoms. The van der Waals surface area contributed by atoms with Crippen molar-refractivity contribution in [1.29, 1.82) is 0 Å². The van der Waals surface area contributed by atoms with Gasteiger partial charge in [0.2, 0.25) is 0 Å². The second-order valence-corrected chi connectivity index (χ2v) is 12.6. The number of halogens is 1. The van der Waals surface area contributed by atoms with Crippen LogP contribution in [0.15, 0.2) is 66.7 Å². The number of carbonyl (C=O) groups excluding carboxylic acids is 1. The summed E-state index contributed by atoms with van der Waals surface area (Å²) < 4.78 is 32.4. The van der Waals surface area contributed by atoms with Gasteiger partial charge in [-0.1, -0.05) is 61.5 Å². The third-order valence-electron chi connectivity index (χ3n) is 9.78. The van der Waals surface area contributed by atoms with Gasteiger partial charge in [-0.05, 0) is 66.3 Å². The Bertz CT molecular complexity index is 1580. The van der Waals surface area contributed by atoms with Gasteiger partial charge in [0.15, 0.2) is 17.9 Å². The molecule has 6 rings (SSSR count). The molecule has 1 unspecified atom stereocenters. The van der Waals surface area contributed by atoms with E-state index in [1.165, 1.54) is 13.2 Å². The SMILES string of the molecule is COc1cc(F)c(O[C@H]2CC[C@@](C)(C(O)OCc3cccc4ccccc34)CC2)cc1C(=O)N[C@H]1[C@@H](C(=O)O)[C@@H]2C=C[C@H]1C2. The smallest absolute Gasteiger partial charge is 0.309 e. The summed E-state index contributed by atoms with van der Waals surface area (Å²) in [6, 6.07) is 16.0. The van der Waals surface area contributed by atoms with Gasteiger partial charge in [0.25, 0.3) is 5.91 Å². The van der Waals surface area contributed by atoms with E-state index in [0.717, 1.165) is 22.4 Å². The fraction of sp³-hybridized carbons (Fsp3) is 0.429. The third kappa shape index (κ3) is 5.78. The molecular formula is C35H38FNO7. The number of methoxy groups -OCH3 is 1. The van der Waals surface area contributed by atoms with Crippen LogP contribution in [0.1, 0.15) is 54.9 Å². The van der Waals surface area contributed by atoms with Gasteiger partial charge in [-0.2, -0.15) is 0 Å². The van der Waals surface area contributed by atoms with Crippen molar-refractivity contribution in [2.75, 3.05) is 7.11 Å². The molecule has 3 N–H and O–H groups in total. The molecule has 232 valence electrons. The van der Waals surface area contributed by atoms with Crippen molar-refractivity contribution in [3.63, 3.8) is 0 Å². The molecule has 0 spiro atoms. The van der Waals surface area contributed by atoms with E-state index >= 15 is 4.39 Å². The van der Waals surface area contributed by atoms with E-state index in [2.05, 4.69) is 5.32 Å². The number of ether oxygens (including phenoxy) is 3. The number of amides is 1. The topological polar surface area (TPSA) is 114 Å². The number of carbonyl (C=O) groups is 2. The lowest BCUT2D eigenvalue weighted by Crippen LogP contribution is -2.45. The highest BCUT2D eigenvalue weighted by Gasteiger charge is 2.49. The molecule has 1 amide bonds. The number of carboxylic acids is 1. The van der Waals surface area contributed by atoms with Crippen LogP contribution in [0, 0.1) is 29.0 Å². The Kier molecular flexibility index (Phi) is 8.35. The maximum absolute atomic E-state index is 15.1. The first kappa shape index (κ1) is 30.1. The largest absolute Gasteiger partial charge is 0.496 e. The van der Waals surface area contributed by atoms with Crippen LogP contribution in [-0.2, 0) is 16.1 Å². The monoisotopic (exact) mass is 603 g/mol. The zero-order valence-electron chi connectivity index (χ0n) is 24.9. The summed E-state index contributed by atoms with van der Waals surface area (Å²) in [7, 11) is 1.35. The fourth-order valence-electron chi connectivity index (χ4n) is 7.14. The van der Waals surface area contributed by atoms with Crippen LogP contribution >= 0.6 is 0 Å². The van der Waals surface area contributed by atoms with E-state index in [1.54, 1.807) is 0 Å². The Morgan fingerprint density at radius 1 is 1.05 bits per heavy atom. The quantitative estimate of drug-likeness (QED) is 0.197. The number of benzene rings is 3. The van der Waals surface area contributed by atoms with Crippen molar-refractivity contribution >= 4 is 22.6 Å². The minimum Gasteiger partial charge on any atom is -0.496 e. The summed E-state index contributed by atoms with van der Waals surface area (Å²) in [6.07, 6.45) is 5.58. The van der Waals surface area contributed by atoms with Crippen LogP contribution in [0.5, 0.6) is 11.5 Å². The number of hydrogen-bond donors (Lipinski definition) is 3. The highest BCUT2D eigenvalue weighted by Crippen LogP contribution is 2.45. The summed E-state index contributed by atoms with van der Waals surface area (Å²) in [6.45, 7) is 2.27. The number of aliphatic carboxylic acids is 1. The maximum Gasteiger partial charge on any atom is 0.309 e. The number of rotatable bonds is 10. The maximum atomic E-state index is 15.1. The van der Waals surface area contributed by atoms with Crippen LogP contribution in [0.25, 0.3) is 10.8 Å². The third-order valence-corrected chi connectivity index (χ3v) is 9.78. The average molecular weight is 604 g/mol. The molecule has 2 saturated carbocycles. The van der Waals surface area contributed by atoms with Gasteiger partial charge in [-0.15, -0.1) is 0 Å². The summed E-state index contributed by atoms with van der Waals surface area (Å²) >= 11 is 0. The van der Waals surface area contributed by atoms with Gasteiger partial charge in [-0.25, -0.2) is 4.39 Å². The van der Waals surface area contributed by atoms with Crippen molar-refractivity contribution < 1.29 is 38.4 Å². The predicted octanol–water partition coefficient (Wildman–Crippen LogP) is 5.86. The lowest BCUT2D eigenvalue weighted by molar-refractivity contribution is -0.190. The molecule has 0 saturated heterocycles. The van der Waals surface area contributed by atoms with E-state index in [1.807, 2.05) is 61.5 Å². The number of aliphatic hydroxyl groups is 1. The number of nitrogens with one attached hydrogen (secondary N) is 1. The number of hydrogen-bond acceptors (Lipinski definition) is 6. The molecule has 3 aliphatic rings. The van der Waals surface area contributed by atoms with Crippen LogP contribution in [0.2, 0.25) is 0 Å². The number of allylic oxidation sites excluding steroid dienone is 1. The highest BCUT2D eigenvalue weighted by atomic mass is 19.1. The van der Waals surface area contributed by atoms with Crippen molar-refractivity contribution in [2.24, 2.45) is 23.2 Å². The standard InChI is InChI=1S/C35H38FNO7/c1-35(34(41)43-19-23-8-5-7-20-6-3-4-9-25(20)23)14-12-24(13-15-35)44-29-17-26(28(42-2)18-27(29)36)32(38)37-31-22-11-10-21(16-22)30(31)33(39)40/h3-11,17-18,21-22,24,30-31,34,41H,12-16,19H2,1-2H3,(H,37,38)(H,39,40)/t21-,22+,24-,30+,31-,34?,35+/m1/s1. The van der Waals surface area contributed by atoms with E-state index < -0.39 is 41.4 Å². The molecule has 0 heterocycles. The first-order valence-corrected chi connectivity index (χ1v) is 15.2. The van der Waals surface area contributed by atoms with Crippen LogP contribution in [0.4, 0.5) is 4.39 Å². The van der Waals surface area contributed by atoms with Gasteiger partial charge < -0.3 is 29.7 Å². The Hall–Kier alpha value is -3.95. The summed E-state index contributed by atoms with van der Waals surface area (Å²) in [4.78, 5) is 25.2. The van der Waals surface area contributed by atoms with E-state index in [9.17, 15) is 19.8 Å². The van der Waals surface area contributed by atoms with Crippen molar-refractivity contribution in [1.82, 2.24) is 5.32 Å². The van der Waals surface area contributed by atoms with E-state index in [-0.39, 0.29) is 41.6 Å². The molecular weight excluding hydrogens is 565 g/mol. The molecule has 3 aromatic rings. The van der Waals surface area contributed by atoms with Crippen LogP contribution in [0.3, 0.4) is 0 Å². The zero-order chi connectivity index (χ0) is 31.0. The molecule has 2 bridgehead atoms. The van der Waals surface area contributed by atoms with E-state index in [4.69, 9.17) is 14.2 Å². The molecule has 5 atom stereocenters. The summed E-state index contributed by atoms with van der Waals surface area (Å²) in [5, 5.41) is 25.8. The highest BCUT2D eigenvalue weighted by molar-refractivity contribution is 5.98. The molecule has 8 nitrogen and oxygen atoms in total. The molecule has 0 aromatic heterocycles. The number of carboxylic acid groups (broad SMARTS) is 1. The average Bonchev–Trinajstić information content (AvgIpc) is 3.64. The van der Waals surface area contributed by atoms with Gasteiger partial charge in [-0.3, -0.25) is 9.59 Å². The van der Waals surface area contributed by atoms with Crippen LogP contribution < -0.4 is 14.8 Å². The first-order chi connectivity index (χ1) is 21.2. The Morgan fingerprint density at radius 3 is 2.52 bits per heavy atom. The van der Waals surface area contributed by atoms with Crippen LogP contribution in [-0.4, -0.2) is 47.6 Å². The second-order valence-electron chi connectivity index (χ2n) is 12.6. The first-order valence-electron chi connectivity index (χ1n) is 15.2. The molecule has 0 radical (unpaired) electrons. The Balaban J connectivity index is 1.09. The fourth-order valence-corrected chi connectivity index (χ4v) is 7.14. The molecule has 44 heavy (non-hydrogen) atoms. The molecule has 0 aliphatic heterocycles. The summed E-state index contributed by atoms with van der Waals surface area (Å²) in [5.74, 6) is -3.05. The Labute approximate surface area is 255 Å². The minimum atomic E-state index is -0.981. The van der Waals surface area contributed by atoms with Gasteiger partial charge in [0.1, 0.15) is 5.75 Å². The normalized spacial score (nSPS) is 28.1. The number of aliphatic hydroxyl groups excluding tert-OH is 1. The zero-order valence-corrected chi connectivity index (χ0v) is 24.9. The van der Waals surface area contributed by atoms with Crippen molar-refractivity contribution in [3.05, 3.63) is 83.7 Å². The van der Waals surface area contributed by atoms with Gasteiger partial charge in [0, 0.05) is 17.5 Å². The minimum absolute atomic E-state index is 0.0422. The van der Waals surface area contributed by atoms with Gasteiger partial charge >= 0.3 is 5.97 Å². The molecule has 3 aromatic carbocycles. The van der Waals surface area contributed by atoms with Gasteiger partial charge in [0.05, 0.1) is 31.3 Å². The van der Waals surface area contributed by atoms with E-state index in [0.29, 0.717) is 32.1 Å². The lowest BCUT2D eigenvalue weighted by Gasteiger charge is -2.40. The lowest BCUT2D eigenvalue weighted by atomic mass is 9.74. The Morgan fingerprint density at radius 2 is 1.77 bits per heavy atom. The second kappa shape index (κ2) is 12.2. The molecule has 3 aliphatic carbocycles. The molecule has 2 fully saturated rings. The number of fused-ring (bicyclic) bond motifs is 3. The van der Waals surface area contributed by atoms with Crippen molar-refractivity contribution in [3.8, 4) is 11.5 Å². The summed E-state index contributed by atoms with van der Waals surface area (Å²) in [5.41, 5.74) is 0.592. The predicted molar refractivity (Wildman–Crippen MR) is 162 cm³/mol. The van der Waals surface area contributed by atoms with Crippen molar-refractivity contribution in [2.45, 2.75) is 64.1 Å².